The fourth-order valence-corrected chi connectivity index (χ4v) is 1.82. The van der Waals surface area contributed by atoms with Crippen LogP contribution in [0.1, 0.15) is 19.3 Å². The number of rotatable bonds is 2. The molecule has 0 saturated heterocycles. The first-order chi connectivity index (χ1) is 4.34. The lowest BCUT2D eigenvalue weighted by atomic mass is 10.1. The van der Waals surface area contributed by atoms with Gasteiger partial charge in [0, 0.05) is 6.10 Å². The summed E-state index contributed by atoms with van der Waals surface area (Å²) >= 11 is 0. The van der Waals surface area contributed by atoms with E-state index in [0.29, 0.717) is 11.8 Å². The number of hydrogen-bond donors (Lipinski definition) is 0. The van der Waals surface area contributed by atoms with Gasteiger partial charge in [-0.3, -0.25) is 0 Å². The molecule has 0 aromatic rings. The highest BCUT2D eigenvalue weighted by Crippen LogP contribution is 2.27. The molecule has 1 rings (SSSR count). The van der Waals surface area contributed by atoms with Crippen LogP contribution < -0.4 is 0 Å². The lowest BCUT2D eigenvalue weighted by Gasteiger charge is -2.14. The monoisotopic (exact) mass is 143 g/mol. The lowest BCUT2D eigenvalue weighted by Crippen LogP contribution is -2.18. The van der Waals surface area contributed by atoms with Crippen molar-refractivity contribution in [2.75, 3.05) is 0 Å². The van der Waals surface area contributed by atoms with Crippen molar-refractivity contribution in [2.45, 2.75) is 37.8 Å². The van der Waals surface area contributed by atoms with Gasteiger partial charge < -0.3 is 4.65 Å². The molecule has 0 N–H and O–H groups in total. The van der Waals surface area contributed by atoms with Gasteiger partial charge in [-0.15, -0.1) is 9.24 Å². The van der Waals surface area contributed by atoms with E-state index in [2.05, 4.69) is 9.24 Å². The molecule has 9 heavy (non-hydrogen) atoms. The second kappa shape index (κ2) is 3.58. The van der Waals surface area contributed by atoms with Crippen LogP contribution in [0.3, 0.4) is 0 Å². The van der Waals surface area contributed by atoms with Crippen molar-refractivity contribution in [1.29, 1.82) is 0 Å². The summed E-state index contributed by atoms with van der Waals surface area (Å²) in [6.45, 7) is 1.94. The van der Waals surface area contributed by atoms with Gasteiger partial charge >= 0.3 is 0 Å². The topological polar surface area (TPSA) is 9.23 Å². The van der Waals surface area contributed by atoms with Crippen molar-refractivity contribution in [2.24, 2.45) is 0 Å². The normalized spacial score (nSPS) is 34.9. The van der Waals surface area contributed by atoms with Crippen molar-refractivity contribution in [3.63, 3.8) is 0 Å². The predicted octanol–water partition coefficient (Wildman–Crippen LogP) is 1.47. The Bertz CT molecular complexity index is 89.1. The zero-order chi connectivity index (χ0) is 6.69. The van der Waals surface area contributed by atoms with E-state index < -0.39 is 0 Å². The Hall–Kier alpha value is 0.455. The van der Waals surface area contributed by atoms with E-state index in [9.17, 15) is 0 Å². The van der Waals surface area contributed by atoms with Crippen LogP contribution in [0.15, 0.2) is 0 Å². The average molecular weight is 143 g/mol. The summed E-state index contributed by atoms with van der Waals surface area (Å²) < 4.78 is 5.37. The summed E-state index contributed by atoms with van der Waals surface area (Å²) in [6.07, 6.45) is 4.36. The molecule has 51 valence electrons. The first-order valence-electron chi connectivity index (χ1n) is 3.53. The highest BCUT2D eigenvalue weighted by molar-refractivity contribution is 7.17. The predicted molar refractivity (Wildman–Crippen MR) is 43.8 cm³/mol. The molecule has 1 saturated carbocycles. The third-order valence-corrected chi connectivity index (χ3v) is 2.58. The van der Waals surface area contributed by atoms with E-state index in [4.69, 9.17) is 4.65 Å². The Balaban J connectivity index is 2.22. The molecule has 1 radical (unpaired) electrons. The second-order valence-electron chi connectivity index (χ2n) is 2.50. The molecule has 0 aliphatic heterocycles. The minimum absolute atomic E-state index is 0.486. The zero-order valence-corrected chi connectivity index (χ0v) is 6.99. The van der Waals surface area contributed by atoms with Gasteiger partial charge in [-0.2, -0.15) is 0 Å². The minimum Gasteiger partial charge on any atom is -0.438 e. The Morgan fingerprint density at radius 3 is 2.78 bits per heavy atom. The van der Waals surface area contributed by atoms with Gasteiger partial charge in [-0.05, 0) is 18.5 Å². The summed E-state index contributed by atoms with van der Waals surface area (Å²) in [5.74, 6) is 0. The Morgan fingerprint density at radius 2 is 2.33 bits per heavy atom. The molecule has 0 heterocycles. The lowest BCUT2D eigenvalue weighted by molar-refractivity contribution is 0.228. The van der Waals surface area contributed by atoms with Gasteiger partial charge in [-0.1, -0.05) is 13.2 Å². The first kappa shape index (κ1) is 7.56. The molecule has 0 bridgehead atoms. The van der Waals surface area contributed by atoms with Gasteiger partial charge in [0.15, 0.2) is 0 Å². The molecule has 1 nitrogen and oxygen atoms in total. The first-order valence-corrected chi connectivity index (χ1v) is 4.20. The smallest absolute Gasteiger partial charge is 0.289 e. The fraction of sp³-hybridized carbons (Fsp3) is 1.00. The van der Waals surface area contributed by atoms with Crippen LogP contribution in [-0.4, -0.2) is 19.2 Å². The van der Waals surface area contributed by atoms with Crippen LogP contribution in [0.25, 0.3) is 0 Å². The molecule has 1 fully saturated rings. The molecule has 1 aliphatic carbocycles. The van der Waals surface area contributed by atoms with Crippen molar-refractivity contribution in [3.8, 4) is 0 Å². The summed E-state index contributed by atoms with van der Waals surface area (Å²) in [7, 11) is 4.64. The zero-order valence-electron chi connectivity index (χ0n) is 5.84. The van der Waals surface area contributed by atoms with Gasteiger partial charge in [0.1, 0.15) is 0 Å². The largest absolute Gasteiger partial charge is 0.438 e. The van der Waals surface area contributed by atoms with E-state index >= 15 is 0 Å². The molecule has 1 aliphatic rings. The van der Waals surface area contributed by atoms with Crippen molar-refractivity contribution in [3.05, 3.63) is 0 Å². The standard InChI is InChI=1S/C6H13BOP/c1-7-8-5-3-2-4-6(5)9/h5-6H,2-4,9H2,1H3. The van der Waals surface area contributed by atoms with Crippen LogP contribution in [-0.2, 0) is 4.65 Å². The van der Waals surface area contributed by atoms with Crippen LogP contribution in [0.4, 0.5) is 0 Å². The third-order valence-electron chi connectivity index (χ3n) is 1.81. The van der Waals surface area contributed by atoms with Crippen LogP contribution >= 0.6 is 9.24 Å². The van der Waals surface area contributed by atoms with E-state index in [-0.39, 0.29) is 0 Å². The maximum absolute atomic E-state index is 5.37. The molecular weight excluding hydrogens is 130 g/mol. The molecule has 3 heteroatoms. The highest BCUT2D eigenvalue weighted by atomic mass is 31.0. The fourth-order valence-electron chi connectivity index (χ4n) is 1.30. The molecule has 3 atom stereocenters. The molecule has 3 unspecified atom stereocenters. The molecule has 0 aromatic heterocycles. The van der Waals surface area contributed by atoms with Gasteiger partial charge in [-0.25, -0.2) is 0 Å². The Labute approximate surface area is 60.0 Å². The van der Waals surface area contributed by atoms with E-state index in [1.54, 1.807) is 7.48 Å². The summed E-state index contributed by atoms with van der Waals surface area (Å²) in [5.41, 5.74) is 0.696. The van der Waals surface area contributed by atoms with Crippen LogP contribution in [0.5, 0.6) is 0 Å². The van der Waals surface area contributed by atoms with E-state index in [0.717, 1.165) is 0 Å². The molecular formula is C6H13BOP. The maximum atomic E-state index is 5.37. The van der Waals surface area contributed by atoms with Crippen molar-refractivity contribution in [1.82, 2.24) is 0 Å². The van der Waals surface area contributed by atoms with Gasteiger partial charge in [0.05, 0.1) is 0 Å². The second-order valence-corrected chi connectivity index (χ2v) is 3.36. The van der Waals surface area contributed by atoms with Crippen LogP contribution in [0, 0.1) is 0 Å². The van der Waals surface area contributed by atoms with E-state index in [1.807, 2.05) is 6.82 Å². The summed E-state index contributed by atoms with van der Waals surface area (Å²) in [6, 6.07) is 0. The Morgan fingerprint density at radius 1 is 1.56 bits per heavy atom. The van der Waals surface area contributed by atoms with Gasteiger partial charge in [0.2, 0.25) is 0 Å². The molecule has 0 aromatic carbocycles. The Kier molecular flexibility index (Phi) is 3.01. The number of hydrogen-bond acceptors (Lipinski definition) is 1. The third kappa shape index (κ3) is 1.95. The van der Waals surface area contributed by atoms with E-state index in [1.165, 1.54) is 19.3 Å². The van der Waals surface area contributed by atoms with Crippen molar-refractivity contribution < 1.29 is 4.65 Å². The quantitative estimate of drug-likeness (QED) is 0.420. The van der Waals surface area contributed by atoms with Gasteiger partial charge in [0.25, 0.3) is 7.48 Å². The maximum Gasteiger partial charge on any atom is 0.289 e. The highest BCUT2D eigenvalue weighted by Gasteiger charge is 2.22. The average Bonchev–Trinajstić information content (AvgIpc) is 2.18. The minimum atomic E-state index is 0.486. The van der Waals surface area contributed by atoms with Crippen LogP contribution in [0.2, 0.25) is 6.82 Å². The summed E-state index contributed by atoms with van der Waals surface area (Å²) in [4.78, 5) is 0. The molecule has 0 spiro atoms. The molecule has 0 amide bonds. The summed E-state index contributed by atoms with van der Waals surface area (Å²) in [5, 5.41) is 0. The van der Waals surface area contributed by atoms with Crippen molar-refractivity contribution >= 4 is 16.7 Å². The SMILES string of the molecule is C[B]OC1CCCC1P.